The van der Waals surface area contributed by atoms with Crippen LogP contribution in [0.4, 0.5) is 0 Å². The Morgan fingerprint density at radius 3 is 2.71 bits per heavy atom. The number of ether oxygens (including phenoxy) is 1. The number of carbonyl (C=O) groups is 1. The van der Waals surface area contributed by atoms with Crippen molar-refractivity contribution in [2.75, 3.05) is 6.61 Å². The van der Waals surface area contributed by atoms with Crippen molar-refractivity contribution < 1.29 is 9.53 Å². The van der Waals surface area contributed by atoms with Crippen molar-refractivity contribution in [2.24, 2.45) is 16.8 Å². The highest BCUT2D eigenvalue weighted by Gasteiger charge is 2.41. The van der Waals surface area contributed by atoms with Crippen LogP contribution in [0.1, 0.15) is 26.7 Å². The molecule has 0 aromatic heterocycles. The third-order valence-electron chi connectivity index (χ3n) is 2.77. The van der Waals surface area contributed by atoms with Crippen LogP contribution in [0.2, 0.25) is 0 Å². The van der Waals surface area contributed by atoms with E-state index in [1.165, 1.54) is 6.21 Å². The van der Waals surface area contributed by atoms with Crippen LogP contribution in [0.15, 0.2) is 4.99 Å². The summed E-state index contributed by atoms with van der Waals surface area (Å²) in [5.41, 5.74) is -0.818. The zero-order valence-corrected chi connectivity index (χ0v) is 10.0. The summed E-state index contributed by atoms with van der Waals surface area (Å²) in [5, 5.41) is 17.9. The Kier molecular flexibility index (Phi) is 4.23. The second kappa shape index (κ2) is 5.45. The van der Waals surface area contributed by atoms with Crippen LogP contribution in [0.25, 0.3) is 0 Å². The molecule has 0 aromatic rings. The van der Waals surface area contributed by atoms with Crippen LogP contribution in [0.5, 0.6) is 0 Å². The zero-order valence-electron chi connectivity index (χ0n) is 10.0. The molecule has 0 amide bonds. The molecule has 1 saturated carbocycles. The lowest BCUT2D eigenvalue weighted by Crippen LogP contribution is -2.25. The minimum atomic E-state index is -1.03. The number of nitriles is 2. The van der Waals surface area contributed by atoms with E-state index in [1.54, 1.807) is 13.8 Å². The van der Waals surface area contributed by atoms with E-state index in [9.17, 15) is 4.79 Å². The van der Waals surface area contributed by atoms with Gasteiger partial charge < -0.3 is 4.74 Å². The van der Waals surface area contributed by atoms with Gasteiger partial charge in [0, 0.05) is 6.21 Å². The molecule has 0 spiro atoms. The first-order chi connectivity index (χ1) is 8.07. The van der Waals surface area contributed by atoms with Crippen LogP contribution in [-0.2, 0) is 9.53 Å². The Morgan fingerprint density at radius 1 is 1.65 bits per heavy atom. The van der Waals surface area contributed by atoms with E-state index in [0.717, 1.165) is 12.8 Å². The molecule has 1 aliphatic carbocycles. The topological polar surface area (TPSA) is 86.2 Å². The number of hydrogen-bond donors (Lipinski definition) is 0. The van der Waals surface area contributed by atoms with Gasteiger partial charge in [-0.3, -0.25) is 9.79 Å². The third kappa shape index (κ3) is 3.29. The minimum Gasteiger partial charge on any atom is -0.465 e. The lowest BCUT2D eigenvalue weighted by molar-refractivity contribution is -0.143. The van der Waals surface area contributed by atoms with E-state index >= 15 is 0 Å². The molecule has 0 N–H and O–H groups in total. The van der Waals surface area contributed by atoms with Gasteiger partial charge in [-0.1, -0.05) is 0 Å². The number of aliphatic imine (C=N–C) groups is 1. The molecule has 1 rings (SSSR count). The molecule has 5 heteroatoms. The molecule has 0 aromatic carbocycles. The standard InChI is InChI=1S/C12H15N3O2/c1-3-17-11(16)9(6-13)7-15-12(2,8-14)10-4-5-10/h7,9-10H,3-5H2,1-2H3/t9-,12-/m0/s1. The molecular weight excluding hydrogens is 218 g/mol. The average Bonchev–Trinajstić information content (AvgIpc) is 3.14. The fourth-order valence-corrected chi connectivity index (χ4v) is 1.48. The summed E-state index contributed by atoms with van der Waals surface area (Å²) in [7, 11) is 0. The maximum Gasteiger partial charge on any atom is 0.328 e. The van der Waals surface area contributed by atoms with Gasteiger partial charge in [0.1, 0.15) is 5.54 Å². The summed E-state index contributed by atoms with van der Waals surface area (Å²) in [6.45, 7) is 3.62. The van der Waals surface area contributed by atoms with Crippen molar-refractivity contribution in [1.82, 2.24) is 0 Å². The quantitative estimate of drug-likeness (QED) is 0.531. The van der Waals surface area contributed by atoms with E-state index in [0.29, 0.717) is 0 Å². The minimum absolute atomic E-state index is 0.225. The lowest BCUT2D eigenvalue weighted by Gasteiger charge is -2.15. The fourth-order valence-electron chi connectivity index (χ4n) is 1.48. The Labute approximate surface area is 101 Å². The highest BCUT2D eigenvalue weighted by Crippen LogP contribution is 2.41. The largest absolute Gasteiger partial charge is 0.465 e. The van der Waals surface area contributed by atoms with Gasteiger partial charge in [0.05, 0.1) is 18.7 Å². The van der Waals surface area contributed by atoms with E-state index in [4.69, 9.17) is 15.3 Å². The van der Waals surface area contributed by atoms with Gasteiger partial charge >= 0.3 is 5.97 Å². The maximum atomic E-state index is 11.3. The molecule has 2 atom stereocenters. The molecule has 17 heavy (non-hydrogen) atoms. The van der Waals surface area contributed by atoms with Gasteiger partial charge in [0.15, 0.2) is 5.92 Å². The highest BCUT2D eigenvalue weighted by molar-refractivity contribution is 5.93. The molecule has 1 aliphatic rings. The van der Waals surface area contributed by atoms with Gasteiger partial charge in [-0.05, 0) is 32.6 Å². The maximum absolute atomic E-state index is 11.3. The van der Waals surface area contributed by atoms with Gasteiger partial charge in [-0.2, -0.15) is 10.5 Å². The number of nitrogens with zero attached hydrogens (tertiary/aromatic N) is 3. The van der Waals surface area contributed by atoms with Crippen molar-refractivity contribution in [3.63, 3.8) is 0 Å². The molecule has 90 valence electrons. The summed E-state index contributed by atoms with van der Waals surface area (Å²) in [6, 6.07) is 3.94. The van der Waals surface area contributed by atoms with E-state index in [-0.39, 0.29) is 12.5 Å². The molecule has 0 heterocycles. The first-order valence-corrected chi connectivity index (χ1v) is 5.60. The van der Waals surface area contributed by atoms with Gasteiger partial charge in [-0.25, -0.2) is 0 Å². The molecule has 0 radical (unpaired) electrons. The monoisotopic (exact) mass is 233 g/mol. The number of rotatable bonds is 5. The Bertz CT molecular complexity index is 401. The molecule has 5 nitrogen and oxygen atoms in total. The van der Waals surface area contributed by atoms with Crippen molar-refractivity contribution in [3.8, 4) is 12.1 Å². The molecule has 1 fully saturated rings. The highest BCUT2D eigenvalue weighted by atomic mass is 16.5. The lowest BCUT2D eigenvalue weighted by atomic mass is 9.99. The number of esters is 1. The zero-order chi connectivity index (χ0) is 12.9. The summed E-state index contributed by atoms with van der Waals surface area (Å²) in [4.78, 5) is 15.4. The van der Waals surface area contributed by atoms with Gasteiger partial charge in [0.25, 0.3) is 0 Å². The van der Waals surface area contributed by atoms with Crippen molar-refractivity contribution in [1.29, 1.82) is 10.5 Å². The van der Waals surface area contributed by atoms with Gasteiger partial charge in [-0.15, -0.1) is 0 Å². The van der Waals surface area contributed by atoms with E-state index in [2.05, 4.69) is 11.1 Å². The van der Waals surface area contributed by atoms with Crippen LogP contribution >= 0.6 is 0 Å². The summed E-state index contributed by atoms with van der Waals surface area (Å²) in [6.07, 6.45) is 3.18. The first-order valence-electron chi connectivity index (χ1n) is 5.60. The normalized spacial score (nSPS) is 20.0. The second-order valence-electron chi connectivity index (χ2n) is 4.17. The smallest absolute Gasteiger partial charge is 0.328 e. The van der Waals surface area contributed by atoms with E-state index in [1.807, 2.05) is 6.07 Å². The Balaban J connectivity index is 2.71. The van der Waals surface area contributed by atoms with Gasteiger partial charge in [0.2, 0.25) is 0 Å². The van der Waals surface area contributed by atoms with E-state index < -0.39 is 17.4 Å². The molecule has 0 saturated heterocycles. The molecule has 0 bridgehead atoms. The van der Waals surface area contributed by atoms with Crippen LogP contribution in [0.3, 0.4) is 0 Å². The SMILES string of the molecule is CCOC(=O)[C@@H](C#N)C=N[C@@](C)(C#N)C1CC1. The summed E-state index contributed by atoms with van der Waals surface area (Å²) < 4.78 is 4.73. The Morgan fingerprint density at radius 2 is 2.29 bits per heavy atom. The molecule has 0 unspecified atom stereocenters. The predicted octanol–water partition coefficient (Wildman–Crippen LogP) is 1.45. The Hall–Kier alpha value is -1.88. The third-order valence-corrected chi connectivity index (χ3v) is 2.77. The fraction of sp³-hybridized carbons (Fsp3) is 0.667. The predicted molar refractivity (Wildman–Crippen MR) is 61.0 cm³/mol. The van der Waals surface area contributed by atoms with Crippen LogP contribution in [-0.4, -0.2) is 24.3 Å². The molecular formula is C12H15N3O2. The van der Waals surface area contributed by atoms with Crippen molar-refractivity contribution in [3.05, 3.63) is 0 Å². The number of carbonyl (C=O) groups excluding carboxylic acids is 1. The first kappa shape index (κ1) is 13.2. The average molecular weight is 233 g/mol. The summed E-state index contributed by atoms with van der Waals surface area (Å²) in [5.74, 6) is -1.40. The van der Waals surface area contributed by atoms with Crippen LogP contribution < -0.4 is 0 Å². The molecule has 0 aliphatic heterocycles. The van der Waals surface area contributed by atoms with Crippen molar-refractivity contribution in [2.45, 2.75) is 32.2 Å². The van der Waals surface area contributed by atoms with Crippen molar-refractivity contribution >= 4 is 12.2 Å². The van der Waals surface area contributed by atoms with Crippen LogP contribution in [0, 0.1) is 34.5 Å². The second-order valence-corrected chi connectivity index (χ2v) is 4.17. The summed E-state index contributed by atoms with van der Waals surface area (Å²) >= 11 is 0. The number of hydrogen-bond acceptors (Lipinski definition) is 5.